The summed E-state index contributed by atoms with van der Waals surface area (Å²) in [5.41, 5.74) is 6.61. The van der Waals surface area contributed by atoms with E-state index in [0.29, 0.717) is 6.54 Å². The average molecular weight is 153 g/mol. The fourth-order valence-corrected chi connectivity index (χ4v) is 1.36. The van der Waals surface area contributed by atoms with Crippen LogP contribution < -0.4 is 5.73 Å². The van der Waals surface area contributed by atoms with E-state index in [1.807, 2.05) is 10.7 Å². The van der Waals surface area contributed by atoms with Crippen molar-refractivity contribution in [1.82, 2.24) is 9.78 Å². The van der Waals surface area contributed by atoms with E-state index in [1.165, 1.54) is 0 Å². The fraction of sp³-hybridized carbons (Fsp3) is 0.571. The molecule has 0 radical (unpaired) electrons. The molecule has 4 nitrogen and oxygen atoms in total. The van der Waals surface area contributed by atoms with E-state index in [1.54, 1.807) is 6.20 Å². The monoisotopic (exact) mass is 153 g/mol. The molecule has 0 amide bonds. The van der Waals surface area contributed by atoms with Crippen LogP contribution in [0.25, 0.3) is 0 Å². The van der Waals surface area contributed by atoms with E-state index >= 15 is 0 Å². The zero-order chi connectivity index (χ0) is 7.68. The third kappa shape index (κ3) is 1.04. The van der Waals surface area contributed by atoms with Gasteiger partial charge in [-0.25, -0.2) is 0 Å². The quantitative estimate of drug-likeness (QED) is 0.613. The first-order valence-electron chi connectivity index (χ1n) is 3.75. The van der Waals surface area contributed by atoms with Gasteiger partial charge in [0.05, 0.1) is 18.8 Å². The Morgan fingerprint density at radius 2 is 2.73 bits per heavy atom. The van der Waals surface area contributed by atoms with Crippen LogP contribution in [-0.4, -0.2) is 22.9 Å². The standard InChI is InChI=1S/C7H11N3O/c8-5-7-6-1-2-9-10(6)3-4-11-7/h1-2,7H,3-5,8H2. The largest absolute Gasteiger partial charge is 0.369 e. The number of rotatable bonds is 1. The molecule has 4 heteroatoms. The molecule has 2 rings (SSSR count). The summed E-state index contributed by atoms with van der Waals surface area (Å²) in [7, 11) is 0. The molecule has 0 aliphatic carbocycles. The molecule has 0 saturated heterocycles. The summed E-state index contributed by atoms with van der Waals surface area (Å²) < 4.78 is 7.37. The molecule has 1 atom stereocenters. The molecular formula is C7H11N3O. The molecule has 2 heterocycles. The Kier molecular flexibility index (Phi) is 1.63. The molecule has 0 bridgehead atoms. The molecule has 2 N–H and O–H groups in total. The van der Waals surface area contributed by atoms with Crippen molar-refractivity contribution in [2.24, 2.45) is 5.73 Å². The Hall–Kier alpha value is -0.870. The lowest BCUT2D eigenvalue weighted by Crippen LogP contribution is -2.26. The summed E-state index contributed by atoms with van der Waals surface area (Å²) in [5, 5.41) is 4.14. The zero-order valence-corrected chi connectivity index (χ0v) is 6.23. The van der Waals surface area contributed by atoms with Crippen molar-refractivity contribution in [3.05, 3.63) is 18.0 Å². The molecular weight excluding hydrogens is 142 g/mol. The van der Waals surface area contributed by atoms with Crippen molar-refractivity contribution in [1.29, 1.82) is 0 Å². The van der Waals surface area contributed by atoms with Crippen LogP contribution in [0.15, 0.2) is 12.3 Å². The minimum Gasteiger partial charge on any atom is -0.369 e. The summed E-state index contributed by atoms with van der Waals surface area (Å²) in [5.74, 6) is 0. The highest BCUT2D eigenvalue weighted by molar-refractivity contribution is 5.06. The predicted octanol–water partition coefficient (Wildman–Crippen LogP) is -0.0869. The number of nitrogens with two attached hydrogens (primary N) is 1. The molecule has 11 heavy (non-hydrogen) atoms. The second-order valence-electron chi connectivity index (χ2n) is 2.57. The molecule has 1 aromatic rings. The molecule has 0 aromatic carbocycles. The zero-order valence-electron chi connectivity index (χ0n) is 6.23. The van der Waals surface area contributed by atoms with Gasteiger partial charge in [0.2, 0.25) is 0 Å². The van der Waals surface area contributed by atoms with Gasteiger partial charge in [-0.1, -0.05) is 0 Å². The van der Waals surface area contributed by atoms with Crippen LogP contribution in [0.4, 0.5) is 0 Å². The van der Waals surface area contributed by atoms with Crippen molar-refractivity contribution < 1.29 is 4.74 Å². The molecule has 1 aliphatic heterocycles. The van der Waals surface area contributed by atoms with Crippen LogP contribution in [0.5, 0.6) is 0 Å². The Bertz CT molecular complexity index is 246. The number of fused-ring (bicyclic) bond motifs is 1. The lowest BCUT2D eigenvalue weighted by atomic mass is 10.2. The fourth-order valence-electron chi connectivity index (χ4n) is 1.36. The third-order valence-corrected chi connectivity index (χ3v) is 1.92. The van der Waals surface area contributed by atoms with Gasteiger partial charge in [-0.05, 0) is 6.07 Å². The van der Waals surface area contributed by atoms with Gasteiger partial charge >= 0.3 is 0 Å². The molecule has 0 saturated carbocycles. The normalized spacial score (nSPS) is 23.2. The molecule has 1 aliphatic rings. The maximum Gasteiger partial charge on any atom is 0.111 e. The van der Waals surface area contributed by atoms with Gasteiger partial charge in [-0.15, -0.1) is 0 Å². The van der Waals surface area contributed by atoms with Gasteiger partial charge in [-0.2, -0.15) is 5.10 Å². The van der Waals surface area contributed by atoms with Gasteiger partial charge < -0.3 is 10.5 Å². The maximum absolute atomic E-state index is 5.51. The minimum atomic E-state index is 0.0475. The first-order valence-corrected chi connectivity index (χ1v) is 3.75. The average Bonchev–Trinajstić information content (AvgIpc) is 2.50. The third-order valence-electron chi connectivity index (χ3n) is 1.92. The predicted molar refractivity (Wildman–Crippen MR) is 40.0 cm³/mol. The van der Waals surface area contributed by atoms with E-state index < -0.39 is 0 Å². The van der Waals surface area contributed by atoms with Crippen molar-refractivity contribution in [3.63, 3.8) is 0 Å². The SMILES string of the molecule is NCC1OCCn2nccc21. The smallest absolute Gasteiger partial charge is 0.111 e. The van der Waals surface area contributed by atoms with Crippen molar-refractivity contribution in [2.75, 3.05) is 13.2 Å². The molecule has 0 fully saturated rings. The second-order valence-corrected chi connectivity index (χ2v) is 2.57. The molecule has 0 spiro atoms. The summed E-state index contributed by atoms with van der Waals surface area (Å²) in [6.07, 6.45) is 1.83. The molecule has 60 valence electrons. The van der Waals surface area contributed by atoms with Crippen molar-refractivity contribution >= 4 is 0 Å². The molecule has 1 unspecified atom stereocenters. The minimum absolute atomic E-state index is 0.0475. The number of hydrogen-bond donors (Lipinski definition) is 1. The van der Waals surface area contributed by atoms with Crippen molar-refractivity contribution in [3.8, 4) is 0 Å². The van der Waals surface area contributed by atoms with Crippen molar-refractivity contribution in [2.45, 2.75) is 12.6 Å². The maximum atomic E-state index is 5.51. The Morgan fingerprint density at radius 1 is 1.82 bits per heavy atom. The van der Waals surface area contributed by atoms with Gasteiger partial charge in [0.25, 0.3) is 0 Å². The van der Waals surface area contributed by atoms with Crippen LogP contribution in [0.1, 0.15) is 11.8 Å². The lowest BCUT2D eigenvalue weighted by Gasteiger charge is -2.22. The highest BCUT2D eigenvalue weighted by atomic mass is 16.5. The summed E-state index contributed by atoms with van der Waals surface area (Å²) in [6, 6.07) is 1.96. The van der Waals surface area contributed by atoms with E-state index in [9.17, 15) is 0 Å². The highest BCUT2D eigenvalue weighted by Gasteiger charge is 2.19. The van der Waals surface area contributed by atoms with E-state index in [-0.39, 0.29) is 6.10 Å². The Morgan fingerprint density at radius 3 is 3.55 bits per heavy atom. The first kappa shape index (κ1) is 6.82. The topological polar surface area (TPSA) is 53.1 Å². The van der Waals surface area contributed by atoms with Gasteiger partial charge in [0.1, 0.15) is 6.10 Å². The van der Waals surface area contributed by atoms with Crippen LogP contribution in [-0.2, 0) is 11.3 Å². The van der Waals surface area contributed by atoms with E-state index in [0.717, 1.165) is 18.8 Å². The summed E-state index contributed by atoms with van der Waals surface area (Å²) in [4.78, 5) is 0. The number of nitrogens with zero attached hydrogens (tertiary/aromatic N) is 2. The van der Waals surface area contributed by atoms with E-state index in [2.05, 4.69) is 5.10 Å². The Balaban J connectivity index is 2.32. The summed E-state index contributed by atoms with van der Waals surface area (Å²) >= 11 is 0. The number of hydrogen-bond acceptors (Lipinski definition) is 3. The van der Waals surface area contributed by atoms with Gasteiger partial charge in [0.15, 0.2) is 0 Å². The summed E-state index contributed by atoms with van der Waals surface area (Å²) in [6.45, 7) is 2.10. The van der Waals surface area contributed by atoms with Crippen LogP contribution in [0, 0.1) is 0 Å². The van der Waals surface area contributed by atoms with Gasteiger partial charge in [-0.3, -0.25) is 4.68 Å². The van der Waals surface area contributed by atoms with Crippen LogP contribution in [0.2, 0.25) is 0 Å². The lowest BCUT2D eigenvalue weighted by molar-refractivity contribution is 0.0225. The Labute approximate surface area is 64.9 Å². The van der Waals surface area contributed by atoms with Crippen LogP contribution >= 0.6 is 0 Å². The number of ether oxygens (including phenoxy) is 1. The molecule has 1 aromatic heterocycles. The first-order chi connectivity index (χ1) is 5.42. The van der Waals surface area contributed by atoms with Crippen LogP contribution in [0.3, 0.4) is 0 Å². The highest BCUT2D eigenvalue weighted by Crippen LogP contribution is 2.19. The van der Waals surface area contributed by atoms with E-state index in [4.69, 9.17) is 10.5 Å². The number of aromatic nitrogens is 2. The second kappa shape index (κ2) is 2.64. The van der Waals surface area contributed by atoms with Gasteiger partial charge in [0, 0.05) is 12.7 Å².